The standard InChI is InChI=1S/C19H23N3OS/c1-23-18-9-7-16(8-10-18)15-21-11-13-22(14-12-21)19(24)20-17-5-3-2-4-6-17/h2-10H,11-15H2,1H3,(H,20,24)/p+1. The van der Waals surface area contributed by atoms with Crippen molar-refractivity contribution in [3.05, 3.63) is 60.2 Å². The molecular formula is C19H24N3OS+. The van der Waals surface area contributed by atoms with E-state index in [1.807, 2.05) is 42.5 Å². The van der Waals surface area contributed by atoms with Crippen molar-refractivity contribution in [1.29, 1.82) is 0 Å². The fourth-order valence-corrected chi connectivity index (χ4v) is 3.26. The molecule has 0 bridgehead atoms. The molecule has 1 aliphatic heterocycles. The molecule has 4 nitrogen and oxygen atoms in total. The Bertz CT molecular complexity index is 652. The second-order valence-electron chi connectivity index (χ2n) is 6.06. The molecule has 1 fully saturated rings. The highest BCUT2D eigenvalue weighted by molar-refractivity contribution is 7.80. The Morgan fingerprint density at radius 3 is 2.38 bits per heavy atom. The molecule has 0 amide bonds. The van der Waals surface area contributed by atoms with E-state index >= 15 is 0 Å². The Balaban J connectivity index is 1.47. The van der Waals surface area contributed by atoms with Gasteiger partial charge in [0, 0.05) is 11.3 Å². The van der Waals surface area contributed by atoms with Crippen LogP contribution in [0.2, 0.25) is 0 Å². The molecular weight excluding hydrogens is 318 g/mol. The molecule has 2 N–H and O–H groups in total. The smallest absolute Gasteiger partial charge is 0.173 e. The summed E-state index contributed by atoms with van der Waals surface area (Å²) >= 11 is 5.54. The fourth-order valence-electron chi connectivity index (χ4n) is 2.96. The van der Waals surface area contributed by atoms with Gasteiger partial charge >= 0.3 is 0 Å². The molecule has 0 saturated carbocycles. The van der Waals surface area contributed by atoms with Gasteiger partial charge in [0.2, 0.25) is 0 Å². The minimum Gasteiger partial charge on any atom is -0.497 e. The van der Waals surface area contributed by atoms with Crippen LogP contribution in [0.1, 0.15) is 5.56 Å². The van der Waals surface area contributed by atoms with Gasteiger partial charge in [-0.1, -0.05) is 18.2 Å². The molecule has 0 atom stereocenters. The Morgan fingerprint density at radius 1 is 1.08 bits per heavy atom. The van der Waals surface area contributed by atoms with Gasteiger partial charge in [0.05, 0.1) is 33.3 Å². The van der Waals surface area contributed by atoms with Crippen LogP contribution in [0.3, 0.4) is 0 Å². The number of piperazine rings is 1. The maximum absolute atomic E-state index is 5.54. The first-order valence-electron chi connectivity index (χ1n) is 8.32. The average molecular weight is 342 g/mol. The number of nitrogens with one attached hydrogen (secondary N) is 2. The number of anilines is 1. The molecule has 1 saturated heterocycles. The molecule has 2 aromatic rings. The number of quaternary nitrogens is 1. The van der Waals surface area contributed by atoms with Crippen molar-refractivity contribution in [2.45, 2.75) is 6.54 Å². The zero-order valence-corrected chi connectivity index (χ0v) is 14.8. The summed E-state index contributed by atoms with van der Waals surface area (Å²) in [5.41, 5.74) is 2.40. The maximum atomic E-state index is 5.54. The molecule has 3 rings (SSSR count). The topological polar surface area (TPSA) is 28.9 Å². The third-order valence-electron chi connectivity index (χ3n) is 4.40. The molecule has 126 valence electrons. The predicted octanol–water partition coefficient (Wildman–Crippen LogP) is 1.79. The van der Waals surface area contributed by atoms with Gasteiger partial charge < -0.3 is 19.9 Å². The van der Waals surface area contributed by atoms with Crippen molar-refractivity contribution >= 4 is 23.0 Å². The van der Waals surface area contributed by atoms with Crippen LogP contribution in [0.5, 0.6) is 5.75 Å². The van der Waals surface area contributed by atoms with Crippen LogP contribution < -0.4 is 15.0 Å². The van der Waals surface area contributed by atoms with E-state index in [0.29, 0.717) is 0 Å². The van der Waals surface area contributed by atoms with Gasteiger partial charge in [-0.15, -0.1) is 0 Å². The summed E-state index contributed by atoms with van der Waals surface area (Å²) in [5, 5.41) is 4.15. The lowest BCUT2D eigenvalue weighted by atomic mass is 10.2. The number of thiocarbonyl (C=S) groups is 1. The van der Waals surface area contributed by atoms with E-state index in [2.05, 4.69) is 22.3 Å². The Morgan fingerprint density at radius 2 is 1.75 bits per heavy atom. The number of nitrogens with zero attached hydrogens (tertiary/aromatic N) is 1. The summed E-state index contributed by atoms with van der Waals surface area (Å²) in [7, 11) is 1.70. The Labute approximate surface area is 149 Å². The summed E-state index contributed by atoms with van der Waals surface area (Å²) in [6, 6.07) is 18.5. The van der Waals surface area contributed by atoms with Gasteiger partial charge in [-0.2, -0.15) is 0 Å². The molecule has 5 heteroatoms. The molecule has 0 aliphatic carbocycles. The molecule has 0 aromatic heterocycles. The lowest BCUT2D eigenvalue weighted by Gasteiger charge is -2.34. The van der Waals surface area contributed by atoms with E-state index in [4.69, 9.17) is 17.0 Å². The van der Waals surface area contributed by atoms with Crippen molar-refractivity contribution in [3.8, 4) is 5.75 Å². The Kier molecular flexibility index (Phi) is 5.67. The van der Waals surface area contributed by atoms with Gasteiger partial charge in [0.25, 0.3) is 0 Å². The van der Waals surface area contributed by atoms with Crippen molar-refractivity contribution in [2.24, 2.45) is 0 Å². The maximum Gasteiger partial charge on any atom is 0.173 e. The lowest BCUT2D eigenvalue weighted by molar-refractivity contribution is -0.917. The normalized spacial score (nSPS) is 15.1. The number of rotatable bonds is 4. The zero-order valence-electron chi connectivity index (χ0n) is 14.0. The summed E-state index contributed by atoms with van der Waals surface area (Å²) in [5.74, 6) is 0.913. The molecule has 1 heterocycles. The molecule has 2 aromatic carbocycles. The van der Waals surface area contributed by atoms with Gasteiger partial charge in [0.15, 0.2) is 5.11 Å². The molecule has 0 spiro atoms. The van der Waals surface area contributed by atoms with Crippen LogP contribution in [0.4, 0.5) is 5.69 Å². The van der Waals surface area contributed by atoms with Crippen molar-refractivity contribution < 1.29 is 9.64 Å². The number of methoxy groups -OCH3 is 1. The van der Waals surface area contributed by atoms with Crippen LogP contribution in [0.15, 0.2) is 54.6 Å². The highest BCUT2D eigenvalue weighted by Crippen LogP contribution is 2.10. The third kappa shape index (κ3) is 4.46. The van der Waals surface area contributed by atoms with Crippen LogP contribution in [0.25, 0.3) is 0 Å². The third-order valence-corrected chi connectivity index (χ3v) is 4.76. The number of hydrogen-bond donors (Lipinski definition) is 2. The quantitative estimate of drug-likeness (QED) is 0.829. The molecule has 24 heavy (non-hydrogen) atoms. The Hall–Kier alpha value is -2.11. The van der Waals surface area contributed by atoms with Crippen molar-refractivity contribution in [3.63, 3.8) is 0 Å². The number of para-hydroxylation sites is 1. The van der Waals surface area contributed by atoms with Crippen LogP contribution >= 0.6 is 12.2 Å². The summed E-state index contributed by atoms with van der Waals surface area (Å²) in [6.07, 6.45) is 0. The van der Waals surface area contributed by atoms with Gasteiger partial charge in [-0.3, -0.25) is 0 Å². The van der Waals surface area contributed by atoms with Crippen LogP contribution in [0, 0.1) is 0 Å². The van der Waals surface area contributed by atoms with Crippen LogP contribution in [-0.2, 0) is 6.54 Å². The fraction of sp³-hybridized carbons (Fsp3) is 0.316. The largest absolute Gasteiger partial charge is 0.497 e. The molecule has 0 unspecified atom stereocenters. The van der Waals surface area contributed by atoms with Crippen molar-refractivity contribution in [2.75, 3.05) is 38.6 Å². The predicted molar refractivity (Wildman–Crippen MR) is 102 cm³/mol. The first kappa shape index (κ1) is 16.7. The van der Waals surface area contributed by atoms with E-state index in [1.54, 1.807) is 12.0 Å². The first-order valence-corrected chi connectivity index (χ1v) is 8.73. The minimum absolute atomic E-state index is 0.824. The van der Waals surface area contributed by atoms with Gasteiger partial charge in [-0.25, -0.2) is 0 Å². The number of ether oxygens (including phenoxy) is 1. The summed E-state index contributed by atoms with van der Waals surface area (Å²) in [6.45, 7) is 5.23. The number of benzene rings is 2. The highest BCUT2D eigenvalue weighted by Gasteiger charge is 2.21. The summed E-state index contributed by atoms with van der Waals surface area (Å²) in [4.78, 5) is 3.86. The van der Waals surface area contributed by atoms with E-state index in [0.717, 1.165) is 49.3 Å². The van der Waals surface area contributed by atoms with Crippen molar-refractivity contribution in [1.82, 2.24) is 4.90 Å². The monoisotopic (exact) mass is 342 g/mol. The lowest BCUT2D eigenvalue weighted by Crippen LogP contribution is -3.13. The SMILES string of the molecule is COc1ccc(C[NH+]2CCN(C(=S)Nc3ccccc3)CC2)cc1. The zero-order chi connectivity index (χ0) is 16.8. The average Bonchev–Trinajstić information content (AvgIpc) is 2.64. The molecule has 0 radical (unpaired) electrons. The van der Waals surface area contributed by atoms with E-state index in [1.165, 1.54) is 5.56 Å². The second kappa shape index (κ2) is 8.13. The van der Waals surface area contributed by atoms with E-state index in [9.17, 15) is 0 Å². The van der Waals surface area contributed by atoms with E-state index < -0.39 is 0 Å². The van der Waals surface area contributed by atoms with Gasteiger partial charge in [0.1, 0.15) is 12.3 Å². The second-order valence-corrected chi connectivity index (χ2v) is 6.44. The highest BCUT2D eigenvalue weighted by atomic mass is 32.1. The first-order chi connectivity index (χ1) is 11.7. The van der Waals surface area contributed by atoms with Crippen LogP contribution in [-0.4, -0.2) is 43.3 Å². The van der Waals surface area contributed by atoms with E-state index in [-0.39, 0.29) is 0 Å². The van der Waals surface area contributed by atoms with Gasteiger partial charge in [-0.05, 0) is 48.6 Å². The molecule has 1 aliphatic rings. The summed E-state index contributed by atoms with van der Waals surface area (Å²) < 4.78 is 5.21. The number of hydrogen-bond acceptors (Lipinski definition) is 2. The minimum atomic E-state index is 0.824.